The summed E-state index contributed by atoms with van der Waals surface area (Å²) in [5, 5.41) is 0. The molecule has 1 rings (SSSR count). The van der Waals surface area contributed by atoms with E-state index in [0.717, 1.165) is 6.42 Å². The molecule has 1 fully saturated rings. The van der Waals surface area contributed by atoms with Gasteiger partial charge in [-0.25, -0.2) is 0 Å². The van der Waals surface area contributed by atoms with Crippen LogP contribution < -0.4 is 0 Å². The lowest BCUT2D eigenvalue weighted by Crippen LogP contribution is -1.89. The smallest absolute Gasteiger partial charge is 0.144 e. The molecule has 0 aromatic carbocycles. The largest absolute Gasteiger partial charge is 0.356 e. The molecule has 0 N–H and O–H groups in total. The van der Waals surface area contributed by atoms with Crippen LogP contribution in [0.15, 0.2) is 0 Å². The van der Waals surface area contributed by atoms with E-state index in [4.69, 9.17) is 11.2 Å². The van der Waals surface area contributed by atoms with Crippen LogP contribution in [-0.4, -0.2) is 12.2 Å². The lowest BCUT2D eigenvalue weighted by Gasteiger charge is -1.87. The number of rotatable bonds is 3. The van der Waals surface area contributed by atoms with E-state index < -0.39 is 0 Å². The zero-order chi connectivity index (χ0) is 6.69. The summed E-state index contributed by atoms with van der Waals surface area (Å²) in [4.78, 5) is 0. The van der Waals surface area contributed by atoms with E-state index in [1.165, 1.54) is 12.8 Å². The van der Waals surface area contributed by atoms with Crippen molar-refractivity contribution in [1.82, 2.24) is 0 Å². The van der Waals surface area contributed by atoms with Crippen molar-refractivity contribution in [3.63, 3.8) is 0 Å². The number of ether oxygens (including phenoxy) is 1. The molecule has 0 unspecified atom stereocenters. The van der Waals surface area contributed by atoms with Gasteiger partial charge in [0, 0.05) is 0 Å². The molecule has 1 heterocycles. The molecule has 0 aromatic heterocycles. The second-order valence-electron chi connectivity index (χ2n) is 2.40. The van der Waals surface area contributed by atoms with Crippen LogP contribution in [0.4, 0.5) is 0 Å². The molecule has 50 valence electrons. The molecular formula is C8H12O. The van der Waals surface area contributed by atoms with Crippen LogP contribution >= 0.6 is 0 Å². The second kappa shape index (κ2) is 2.89. The summed E-state index contributed by atoms with van der Waals surface area (Å²) in [6.45, 7) is 2.17. The van der Waals surface area contributed by atoms with Gasteiger partial charge in [0.15, 0.2) is 0 Å². The van der Waals surface area contributed by atoms with Crippen molar-refractivity contribution in [3.8, 4) is 12.3 Å². The highest BCUT2D eigenvalue weighted by molar-refractivity contribution is 5.07. The summed E-state index contributed by atoms with van der Waals surface area (Å²) < 4.78 is 5.13. The molecular weight excluding hydrogens is 112 g/mol. The predicted octanol–water partition coefficient (Wildman–Crippen LogP) is 1.58. The summed E-state index contributed by atoms with van der Waals surface area (Å²) >= 11 is 0. The topological polar surface area (TPSA) is 12.5 Å². The monoisotopic (exact) mass is 124 g/mol. The maximum atomic E-state index is 5.13. The zero-order valence-electron chi connectivity index (χ0n) is 5.76. The van der Waals surface area contributed by atoms with E-state index in [-0.39, 0.29) is 6.10 Å². The third-order valence-corrected chi connectivity index (χ3v) is 1.59. The van der Waals surface area contributed by atoms with Crippen molar-refractivity contribution in [2.45, 2.75) is 38.4 Å². The standard InChI is InChI=1S/C8H12O/c1-3-5-6-8-7(4-2)9-8/h2,7-8H,3,5-6H2,1H3/t7-,8+/m0/s1. The zero-order valence-corrected chi connectivity index (χ0v) is 5.76. The molecule has 0 aromatic rings. The maximum Gasteiger partial charge on any atom is 0.144 e. The third kappa shape index (κ3) is 1.73. The average Bonchev–Trinajstić information content (AvgIpc) is 2.62. The molecule has 0 aliphatic carbocycles. The fourth-order valence-electron chi connectivity index (χ4n) is 0.914. The summed E-state index contributed by atoms with van der Waals surface area (Å²) in [5.41, 5.74) is 0. The van der Waals surface area contributed by atoms with Gasteiger partial charge in [-0.2, -0.15) is 0 Å². The summed E-state index contributed by atoms with van der Waals surface area (Å²) in [6.07, 6.45) is 9.29. The average molecular weight is 124 g/mol. The van der Waals surface area contributed by atoms with Gasteiger partial charge >= 0.3 is 0 Å². The van der Waals surface area contributed by atoms with E-state index in [1.54, 1.807) is 0 Å². The summed E-state index contributed by atoms with van der Waals surface area (Å²) in [6, 6.07) is 0. The first kappa shape index (κ1) is 6.64. The molecule has 1 aliphatic rings. The minimum atomic E-state index is 0.150. The normalized spacial score (nSPS) is 31.6. The van der Waals surface area contributed by atoms with Crippen molar-refractivity contribution in [2.24, 2.45) is 0 Å². The van der Waals surface area contributed by atoms with Crippen molar-refractivity contribution < 1.29 is 4.74 Å². The van der Waals surface area contributed by atoms with Crippen LogP contribution in [0.5, 0.6) is 0 Å². The van der Waals surface area contributed by atoms with Gasteiger partial charge in [0.1, 0.15) is 6.10 Å². The Morgan fingerprint density at radius 3 is 2.89 bits per heavy atom. The number of epoxide rings is 1. The molecule has 0 spiro atoms. The SMILES string of the molecule is C#C[C@@H]1O[C@@H]1CCCC. The molecule has 1 saturated heterocycles. The molecule has 1 nitrogen and oxygen atoms in total. The molecule has 1 aliphatic heterocycles. The molecule has 0 radical (unpaired) electrons. The van der Waals surface area contributed by atoms with E-state index in [9.17, 15) is 0 Å². The number of hydrogen-bond donors (Lipinski definition) is 0. The maximum absolute atomic E-state index is 5.13. The quantitative estimate of drug-likeness (QED) is 0.411. The van der Waals surface area contributed by atoms with Crippen molar-refractivity contribution in [2.75, 3.05) is 0 Å². The molecule has 0 saturated carbocycles. The van der Waals surface area contributed by atoms with Crippen molar-refractivity contribution in [3.05, 3.63) is 0 Å². The van der Waals surface area contributed by atoms with Crippen LogP contribution in [0.2, 0.25) is 0 Å². The Morgan fingerprint density at radius 2 is 2.44 bits per heavy atom. The van der Waals surface area contributed by atoms with E-state index in [2.05, 4.69) is 12.8 Å². The van der Waals surface area contributed by atoms with Gasteiger partial charge in [0.05, 0.1) is 6.10 Å². The lowest BCUT2D eigenvalue weighted by molar-refractivity contribution is 0.377. The van der Waals surface area contributed by atoms with E-state index in [0.29, 0.717) is 6.10 Å². The molecule has 2 atom stereocenters. The van der Waals surface area contributed by atoms with E-state index in [1.807, 2.05) is 0 Å². The Bertz CT molecular complexity index is 123. The number of terminal acetylenes is 1. The summed E-state index contributed by atoms with van der Waals surface area (Å²) in [7, 11) is 0. The molecule has 0 amide bonds. The highest BCUT2D eigenvalue weighted by Gasteiger charge is 2.35. The van der Waals surface area contributed by atoms with Gasteiger partial charge in [-0.05, 0) is 6.42 Å². The van der Waals surface area contributed by atoms with Crippen LogP contribution in [-0.2, 0) is 4.74 Å². The fraction of sp³-hybridized carbons (Fsp3) is 0.750. The highest BCUT2D eigenvalue weighted by Crippen LogP contribution is 2.25. The van der Waals surface area contributed by atoms with Crippen LogP contribution in [0, 0.1) is 12.3 Å². The number of unbranched alkanes of at least 4 members (excludes halogenated alkanes) is 1. The Labute approximate surface area is 56.4 Å². The first-order valence-corrected chi connectivity index (χ1v) is 3.50. The van der Waals surface area contributed by atoms with Gasteiger partial charge in [-0.15, -0.1) is 6.42 Å². The van der Waals surface area contributed by atoms with Crippen LogP contribution in [0.3, 0.4) is 0 Å². The second-order valence-corrected chi connectivity index (χ2v) is 2.40. The molecule has 9 heavy (non-hydrogen) atoms. The van der Waals surface area contributed by atoms with Crippen LogP contribution in [0.1, 0.15) is 26.2 Å². The first-order chi connectivity index (χ1) is 4.38. The van der Waals surface area contributed by atoms with Gasteiger partial charge in [-0.1, -0.05) is 25.7 Å². The van der Waals surface area contributed by atoms with E-state index >= 15 is 0 Å². The lowest BCUT2D eigenvalue weighted by atomic mass is 10.2. The Kier molecular flexibility index (Phi) is 2.13. The minimum absolute atomic E-state index is 0.150. The molecule has 0 bridgehead atoms. The van der Waals surface area contributed by atoms with Gasteiger partial charge < -0.3 is 4.74 Å². The first-order valence-electron chi connectivity index (χ1n) is 3.50. The predicted molar refractivity (Wildman–Crippen MR) is 37.0 cm³/mol. The van der Waals surface area contributed by atoms with Crippen molar-refractivity contribution in [1.29, 1.82) is 0 Å². The van der Waals surface area contributed by atoms with Gasteiger partial charge in [0.2, 0.25) is 0 Å². The highest BCUT2D eigenvalue weighted by atomic mass is 16.6. The van der Waals surface area contributed by atoms with Crippen molar-refractivity contribution >= 4 is 0 Å². The number of hydrogen-bond acceptors (Lipinski definition) is 1. The Hall–Kier alpha value is -0.480. The fourth-order valence-corrected chi connectivity index (χ4v) is 0.914. The van der Waals surface area contributed by atoms with Crippen LogP contribution in [0.25, 0.3) is 0 Å². The Balaban J connectivity index is 2.00. The minimum Gasteiger partial charge on any atom is -0.356 e. The van der Waals surface area contributed by atoms with Gasteiger partial charge in [0.25, 0.3) is 0 Å². The summed E-state index contributed by atoms with van der Waals surface area (Å²) in [5.74, 6) is 2.58. The van der Waals surface area contributed by atoms with Gasteiger partial charge in [-0.3, -0.25) is 0 Å². The molecule has 1 heteroatoms. The Morgan fingerprint density at radius 1 is 1.67 bits per heavy atom. The third-order valence-electron chi connectivity index (χ3n) is 1.59.